The number of nitrogens with two attached hydrogens (primary N) is 1. The molecule has 0 saturated carbocycles. The van der Waals surface area contributed by atoms with Gasteiger partial charge in [0, 0.05) is 29.1 Å². The molecule has 0 radical (unpaired) electrons. The predicted molar refractivity (Wildman–Crippen MR) is 148 cm³/mol. The Labute approximate surface area is 231 Å². The van der Waals surface area contributed by atoms with Gasteiger partial charge in [0.2, 0.25) is 5.91 Å². The molecule has 11 heteroatoms. The normalized spacial score (nSPS) is 16.0. The number of anilines is 1. The van der Waals surface area contributed by atoms with Gasteiger partial charge in [-0.2, -0.15) is 0 Å². The van der Waals surface area contributed by atoms with E-state index in [9.17, 15) is 13.6 Å². The monoisotopic (exact) mass is 600 g/mol. The fraction of sp³-hybridized carbons (Fsp3) is 0.333. The Balaban J connectivity index is 1.27. The smallest absolute Gasteiger partial charge is 0.227 e. The zero-order chi connectivity index (χ0) is 27.0. The van der Waals surface area contributed by atoms with Crippen LogP contribution in [0, 0.1) is 25.5 Å². The van der Waals surface area contributed by atoms with E-state index in [2.05, 4.69) is 38.4 Å². The number of carbonyl (C=O) groups is 1. The summed E-state index contributed by atoms with van der Waals surface area (Å²) in [5, 5.41) is 9.27. The summed E-state index contributed by atoms with van der Waals surface area (Å²) in [5.74, 6) is -1.54. The second kappa shape index (κ2) is 10.9. The molecule has 1 saturated heterocycles. The Kier molecular flexibility index (Phi) is 7.58. The molecule has 1 amide bonds. The minimum absolute atomic E-state index is 0.00850. The first kappa shape index (κ1) is 26.4. The molecular formula is C27H27BrF2N6OS. The number of thiazole rings is 1. The standard InChI is InChI=1S/C27H27BrF2N6OS/c1-15-5-7-17(8-6-15)27-22(38-16(2)32-27)13-23(37)35-10-3-4-18(9-11-35)36-14-21(33-34-36)19-12-20(29)24(28)25(30)26(19)31/h5-8,12,14,18H,3-4,9-11,13,31H2,1-2H3. The number of nitrogens with zero attached hydrogens (tertiary/aromatic N) is 5. The van der Waals surface area contributed by atoms with Gasteiger partial charge in [-0.25, -0.2) is 18.4 Å². The predicted octanol–water partition coefficient (Wildman–Crippen LogP) is 6.10. The van der Waals surface area contributed by atoms with Gasteiger partial charge in [-0.3, -0.25) is 4.79 Å². The molecule has 4 aromatic rings. The van der Waals surface area contributed by atoms with Gasteiger partial charge in [-0.15, -0.1) is 16.4 Å². The maximum atomic E-state index is 14.3. The van der Waals surface area contributed by atoms with Gasteiger partial charge in [0.1, 0.15) is 11.5 Å². The topological polar surface area (TPSA) is 89.9 Å². The number of carbonyl (C=O) groups excluding carboxylic acids is 1. The van der Waals surface area contributed by atoms with Crippen LogP contribution in [0.4, 0.5) is 14.5 Å². The summed E-state index contributed by atoms with van der Waals surface area (Å²) in [6.45, 7) is 5.25. The summed E-state index contributed by atoms with van der Waals surface area (Å²) in [4.78, 5) is 20.9. The lowest BCUT2D eigenvalue weighted by molar-refractivity contribution is -0.130. The average molecular weight is 602 g/mol. The van der Waals surface area contributed by atoms with Gasteiger partial charge < -0.3 is 10.6 Å². The highest BCUT2D eigenvalue weighted by atomic mass is 79.9. The Morgan fingerprint density at radius 3 is 2.71 bits per heavy atom. The molecule has 38 heavy (non-hydrogen) atoms. The van der Waals surface area contributed by atoms with Crippen LogP contribution in [0.5, 0.6) is 0 Å². The van der Waals surface area contributed by atoms with E-state index in [1.807, 2.05) is 30.9 Å². The maximum Gasteiger partial charge on any atom is 0.227 e. The average Bonchev–Trinajstić information content (AvgIpc) is 3.44. The van der Waals surface area contributed by atoms with Crippen molar-refractivity contribution in [2.24, 2.45) is 0 Å². The van der Waals surface area contributed by atoms with Gasteiger partial charge in [0.05, 0.1) is 39.5 Å². The van der Waals surface area contributed by atoms with Gasteiger partial charge in [0.15, 0.2) is 5.82 Å². The zero-order valence-corrected chi connectivity index (χ0v) is 23.5. The number of hydrogen-bond donors (Lipinski definition) is 1. The van der Waals surface area contributed by atoms with E-state index in [1.165, 1.54) is 5.56 Å². The van der Waals surface area contributed by atoms with E-state index in [4.69, 9.17) is 10.7 Å². The molecule has 1 aliphatic heterocycles. The van der Waals surface area contributed by atoms with Crippen molar-refractivity contribution in [3.8, 4) is 22.5 Å². The second-order valence-corrected chi connectivity index (χ2v) is 11.6. The van der Waals surface area contributed by atoms with Crippen molar-refractivity contribution in [1.29, 1.82) is 0 Å². The van der Waals surface area contributed by atoms with Crippen molar-refractivity contribution >= 4 is 38.9 Å². The first-order valence-corrected chi connectivity index (χ1v) is 14.0. The molecule has 1 unspecified atom stereocenters. The first-order valence-electron chi connectivity index (χ1n) is 12.4. The number of aryl methyl sites for hydroxylation is 2. The van der Waals surface area contributed by atoms with Crippen LogP contribution in [0.2, 0.25) is 0 Å². The van der Waals surface area contributed by atoms with Gasteiger partial charge in [0.25, 0.3) is 0 Å². The van der Waals surface area contributed by atoms with E-state index in [0.29, 0.717) is 31.6 Å². The quantitative estimate of drug-likeness (QED) is 0.221. The molecular weight excluding hydrogens is 574 g/mol. The van der Waals surface area contributed by atoms with E-state index >= 15 is 0 Å². The molecule has 3 heterocycles. The molecule has 0 aliphatic carbocycles. The van der Waals surface area contributed by atoms with Crippen molar-refractivity contribution < 1.29 is 13.6 Å². The highest BCUT2D eigenvalue weighted by Gasteiger charge is 2.25. The number of benzene rings is 2. The van der Waals surface area contributed by atoms with Crippen LogP contribution >= 0.6 is 27.3 Å². The van der Waals surface area contributed by atoms with Gasteiger partial charge in [-0.1, -0.05) is 35.0 Å². The summed E-state index contributed by atoms with van der Waals surface area (Å²) >= 11 is 4.43. The number of rotatable bonds is 5. The molecule has 1 atom stereocenters. The van der Waals surface area contributed by atoms with Crippen molar-refractivity contribution in [2.45, 2.75) is 45.6 Å². The third-order valence-electron chi connectivity index (χ3n) is 6.85. The zero-order valence-electron chi connectivity index (χ0n) is 21.0. The Morgan fingerprint density at radius 1 is 1.18 bits per heavy atom. The summed E-state index contributed by atoms with van der Waals surface area (Å²) in [7, 11) is 0. The minimum atomic E-state index is -0.861. The fourth-order valence-corrected chi connectivity index (χ4v) is 6.04. The highest BCUT2D eigenvalue weighted by molar-refractivity contribution is 9.10. The van der Waals surface area contributed by atoms with Crippen LogP contribution in [0.1, 0.15) is 40.8 Å². The van der Waals surface area contributed by atoms with Crippen LogP contribution < -0.4 is 5.73 Å². The maximum absolute atomic E-state index is 14.3. The van der Waals surface area contributed by atoms with Crippen LogP contribution in [0.25, 0.3) is 22.5 Å². The molecule has 2 aromatic heterocycles. The van der Waals surface area contributed by atoms with Gasteiger partial charge in [-0.05, 0) is 55.1 Å². The molecule has 1 fully saturated rings. The molecule has 2 N–H and O–H groups in total. The second-order valence-electron chi connectivity index (χ2n) is 9.54. The molecule has 0 bridgehead atoms. The summed E-state index contributed by atoms with van der Waals surface area (Å²) in [6, 6.07) is 9.36. The van der Waals surface area contributed by atoms with Crippen molar-refractivity contribution in [2.75, 3.05) is 18.8 Å². The van der Waals surface area contributed by atoms with Crippen molar-refractivity contribution in [1.82, 2.24) is 24.9 Å². The Bertz CT molecular complexity index is 1490. The number of amides is 1. The summed E-state index contributed by atoms with van der Waals surface area (Å²) in [6.07, 6.45) is 4.28. The third kappa shape index (κ3) is 5.35. The van der Waals surface area contributed by atoms with Crippen LogP contribution in [-0.2, 0) is 11.2 Å². The third-order valence-corrected chi connectivity index (χ3v) is 8.55. The molecule has 2 aromatic carbocycles. The Hall–Kier alpha value is -3.18. The van der Waals surface area contributed by atoms with E-state index < -0.39 is 11.6 Å². The molecule has 1 aliphatic rings. The SMILES string of the molecule is Cc1ccc(-c2nc(C)sc2CC(=O)N2CCCC(n3cc(-c4cc(F)c(Br)c(F)c4N)nn3)CC2)cc1. The van der Waals surface area contributed by atoms with Crippen LogP contribution in [0.3, 0.4) is 0 Å². The lowest BCUT2D eigenvalue weighted by atomic mass is 10.1. The number of hydrogen-bond acceptors (Lipinski definition) is 6. The van der Waals surface area contributed by atoms with Crippen LogP contribution in [0.15, 0.2) is 41.0 Å². The number of likely N-dealkylation sites (tertiary alicyclic amines) is 1. The van der Waals surface area contributed by atoms with E-state index in [-0.39, 0.29) is 27.7 Å². The molecule has 7 nitrogen and oxygen atoms in total. The molecule has 198 valence electrons. The number of aromatic nitrogens is 4. The molecule has 0 spiro atoms. The highest BCUT2D eigenvalue weighted by Crippen LogP contribution is 2.34. The first-order chi connectivity index (χ1) is 18.2. The fourth-order valence-electron chi connectivity index (χ4n) is 4.77. The summed E-state index contributed by atoms with van der Waals surface area (Å²) < 4.78 is 29.8. The van der Waals surface area contributed by atoms with Crippen molar-refractivity contribution in [3.05, 3.63) is 68.1 Å². The van der Waals surface area contributed by atoms with Crippen molar-refractivity contribution in [3.63, 3.8) is 0 Å². The number of halogens is 3. The van der Waals surface area contributed by atoms with E-state index in [0.717, 1.165) is 40.1 Å². The Morgan fingerprint density at radius 2 is 1.95 bits per heavy atom. The van der Waals surface area contributed by atoms with Crippen LogP contribution in [-0.4, -0.2) is 43.9 Å². The lowest BCUT2D eigenvalue weighted by Crippen LogP contribution is -2.33. The minimum Gasteiger partial charge on any atom is -0.396 e. The molecule has 5 rings (SSSR count). The largest absolute Gasteiger partial charge is 0.396 e. The van der Waals surface area contributed by atoms with E-state index in [1.54, 1.807) is 22.2 Å². The number of nitrogen functional groups attached to an aromatic ring is 1. The summed E-state index contributed by atoms with van der Waals surface area (Å²) in [5.41, 5.74) is 9.22. The lowest BCUT2D eigenvalue weighted by Gasteiger charge is -2.20. The van der Waals surface area contributed by atoms with Gasteiger partial charge >= 0.3 is 0 Å².